The number of anilines is 2. The minimum absolute atomic E-state index is 0.115. The van der Waals surface area contributed by atoms with Gasteiger partial charge in [0, 0.05) is 17.4 Å². The summed E-state index contributed by atoms with van der Waals surface area (Å²) in [6, 6.07) is 15.9. The average molecular weight is 460 g/mol. The Hall–Kier alpha value is -3.59. The zero-order chi connectivity index (χ0) is 23.0. The Morgan fingerprint density at radius 1 is 1.06 bits per heavy atom. The number of pyridine rings is 1. The first-order chi connectivity index (χ1) is 15.1. The van der Waals surface area contributed by atoms with Crippen molar-refractivity contribution in [1.82, 2.24) is 14.5 Å². The zero-order valence-electron chi connectivity index (χ0n) is 16.7. The number of halogens is 4. The molecule has 1 unspecified atom stereocenters. The van der Waals surface area contributed by atoms with Crippen LogP contribution in [0.5, 0.6) is 0 Å². The Labute approximate surface area is 185 Å². The Kier molecular flexibility index (Phi) is 5.52. The molecule has 6 nitrogen and oxygen atoms in total. The molecule has 2 aromatic heterocycles. The number of para-hydroxylation sites is 1. The lowest BCUT2D eigenvalue weighted by molar-refractivity contribution is -0.141. The van der Waals surface area contributed by atoms with Gasteiger partial charge in [-0.1, -0.05) is 41.9 Å². The molecule has 0 radical (unpaired) electrons. The van der Waals surface area contributed by atoms with Crippen LogP contribution >= 0.6 is 11.6 Å². The van der Waals surface area contributed by atoms with Crippen LogP contribution in [0.2, 0.25) is 5.02 Å². The van der Waals surface area contributed by atoms with Crippen LogP contribution in [0, 0.1) is 0 Å². The third kappa shape index (κ3) is 4.11. The van der Waals surface area contributed by atoms with Crippen molar-refractivity contribution in [1.29, 1.82) is 0 Å². The van der Waals surface area contributed by atoms with Crippen molar-refractivity contribution in [3.8, 4) is 5.69 Å². The van der Waals surface area contributed by atoms with Crippen LogP contribution in [0.3, 0.4) is 0 Å². The smallest absolute Gasteiger partial charge is 0.368 e. The summed E-state index contributed by atoms with van der Waals surface area (Å²) < 4.78 is 40.9. The van der Waals surface area contributed by atoms with Gasteiger partial charge in [0.2, 0.25) is 5.95 Å². The second-order valence-corrected chi connectivity index (χ2v) is 7.52. The summed E-state index contributed by atoms with van der Waals surface area (Å²) in [4.78, 5) is 20.5. The molecule has 10 heteroatoms. The maximum atomic E-state index is 13.4. The highest BCUT2D eigenvalue weighted by atomic mass is 35.5. The molecule has 0 saturated carbocycles. The summed E-state index contributed by atoms with van der Waals surface area (Å²) in [5.74, 6) is -0.629. The second-order valence-electron chi connectivity index (χ2n) is 7.11. The summed E-state index contributed by atoms with van der Waals surface area (Å²) in [6.45, 7) is 1.70. The number of nitrogens with zero attached hydrogens (tertiary/aromatic N) is 3. The van der Waals surface area contributed by atoms with Gasteiger partial charge in [0.05, 0.1) is 16.5 Å². The molecular weight excluding hydrogens is 443 g/mol. The van der Waals surface area contributed by atoms with E-state index in [0.717, 1.165) is 6.07 Å². The summed E-state index contributed by atoms with van der Waals surface area (Å²) in [5, 5.41) is 4.17. The lowest BCUT2D eigenvalue weighted by Gasteiger charge is -2.22. The topological polar surface area (TPSA) is 85.8 Å². The maximum Gasteiger partial charge on any atom is 0.433 e. The third-order valence-corrected chi connectivity index (χ3v) is 5.20. The first-order valence-corrected chi connectivity index (χ1v) is 9.91. The summed E-state index contributed by atoms with van der Waals surface area (Å²) in [6.07, 6.45) is -4.68. The molecular formula is C22H17ClF3N5O. The molecule has 0 amide bonds. The predicted molar refractivity (Wildman–Crippen MR) is 118 cm³/mol. The fourth-order valence-corrected chi connectivity index (χ4v) is 3.75. The standard InChI is InChI=1S/C22H17ClF3N5O/c1-12(28-18-11-17(22(24,25)26)29-21(27)30-18)16-10-13-6-5-9-15(23)19(13)20(32)31(16)14-7-3-2-4-8-14/h2-12H,1H3,(H3,27,28,29,30). The molecule has 0 aliphatic heterocycles. The van der Waals surface area contributed by atoms with Crippen LogP contribution in [0.1, 0.15) is 24.4 Å². The number of alkyl halides is 3. The minimum Gasteiger partial charge on any atom is -0.368 e. The fourth-order valence-electron chi connectivity index (χ4n) is 3.48. The molecule has 4 rings (SSSR count). The monoisotopic (exact) mass is 459 g/mol. The highest BCUT2D eigenvalue weighted by Crippen LogP contribution is 2.31. The van der Waals surface area contributed by atoms with Gasteiger partial charge in [-0.25, -0.2) is 4.98 Å². The van der Waals surface area contributed by atoms with E-state index >= 15 is 0 Å². The molecule has 0 fully saturated rings. The second kappa shape index (κ2) is 8.16. The Balaban J connectivity index is 1.87. The molecule has 0 saturated heterocycles. The normalized spacial score (nSPS) is 12.7. The van der Waals surface area contributed by atoms with Crippen LogP contribution in [-0.2, 0) is 6.18 Å². The zero-order valence-corrected chi connectivity index (χ0v) is 17.4. The lowest BCUT2D eigenvalue weighted by Crippen LogP contribution is -2.26. The van der Waals surface area contributed by atoms with Crippen molar-refractivity contribution < 1.29 is 13.2 Å². The molecule has 0 aliphatic carbocycles. The van der Waals surface area contributed by atoms with Crippen molar-refractivity contribution in [2.45, 2.75) is 19.1 Å². The Bertz CT molecular complexity index is 1360. The third-order valence-electron chi connectivity index (χ3n) is 4.88. The van der Waals surface area contributed by atoms with E-state index in [9.17, 15) is 18.0 Å². The first-order valence-electron chi connectivity index (χ1n) is 9.53. The van der Waals surface area contributed by atoms with Crippen LogP contribution in [-0.4, -0.2) is 14.5 Å². The maximum absolute atomic E-state index is 13.4. The van der Waals surface area contributed by atoms with E-state index in [-0.39, 0.29) is 11.4 Å². The number of rotatable bonds is 4. The molecule has 2 heterocycles. The van der Waals surface area contributed by atoms with Crippen LogP contribution in [0.15, 0.2) is 65.5 Å². The van der Waals surface area contributed by atoms with E-state index in [4.69, 9.17) is 17.3 Å². The molecule has 3 N–H and O–H groups in total. The van der Waals surface area contributed by atoms with Gasteiger partial charge >= 0.3 is 6.18 Å². The predicted octanol–water partition coefficient (Wildman–Crippen LogP) is 5.21. The van der Waals surface area contributed by atoms with E-state index in [1.165, 1.54) is 4.57 Å². The van der Waals surface area contributed by atoms with Crippen molar-refractivity contribution in [2.75, 3.05) is 11.1 Å². The van der Waals surface area contributed by atoms with Crippen LogP contribution < -0.4 is 16.6 Å². The quantitative estimate of drug-likeness (QED) is 0.437. The minimum atomic E-state index is -4.68. The highest BCUT2D eigenvalue weighted by Gasteiger charge is 2.33. The van der Waals surface area contributed by atoms with Gasteiger partial charge in [-0.2, -0.15) is 18.2 Å². The van der Waals surface area contributed by atoms with Gasteiger partial charge in [-0.05, 0) is 36.6 Å². The van der Waals surface area contributed by atoms with Crippen LogP contribution in [0.4, 0.5) is 24.9 Å². The van der Waals surface area contributed by atoms with Gasteiger partial charge in [0.1, 0.15) is 5.82 Å². The number of nitrogen functional groups attached to an aromatic ring is 1. The lowest BCUT2D eigenvalue weighted by atomic mass is 10.1. The molecule has 1 atom stereocenters. The highest BCUT2D eigenvalue weighted by molar-refractivity contribution is 6.35. The molecule has 0 spiro atoms. The number of aromatic nitrogens is 3. The summed E-state index contributed by atoms with van der Waals surface area (Å²) in [5.41, 5.74) is 5.05. The molecule has 4 aromatic rings. The van der Waals surface area contributed by atoms with Gasteiger partial charge in [-0.3, -0.25) is 9.36 Å². The first kappa shape index (κ1) is 21.6. The van der Waals surface area contributed by atoms with E-state index in [1.54, 1.807) is 55.5 Å². The van der Waals surface area contributed by atoms with E-state index in [2.05, 4.69) is 15.3 Å². The average Bonchev–Trinajstić information content (AvgIpc) is 2.73. The van der Waals surface area contributed by atoms with Gasteiger partial charge in [-0.15, -0.1) is 0 Å². The Morgan fingerprint density at radius 2 is 1.78 bits per heavy atom. The van der Waals surface area contributed by atoms with Crippen molar-refractivity contribution >= 4 is 34.1 Å². The number of hydrogen-bond donors (Lipinski definition) is 2. The molecule has 2 aromatic carbocycles. The van der Waals surface area contributed by atoms with Gasteiger partial charge in [0.15, 0.2) is 5.69 Å². The van der Waals surface area contributed by atoms with Crippen LogP contribution in [0.25, 0.3) is 16.5 Å². The SMILES string of the molecule is CC(Nc1cc(C(F)(F)F)nc(N)n1)c1cc2cccc(Cl)c2c(=O)n1-c1ccccc1. The summed E-state index contributed by atoms with van der Waals surface area (Å²) >= 11 is 6.29. The fraction of sp³-hybridized carbons (Fsp3) is 0.136. The van der Waals surface area contributed by atoms with Crippen molar-refractivity contribution in [2.24, 2.45) is 0 Å². The number of nitrogens with one attached hydrogen (secondary N) is 1. The summed E-state index contributed by atoms with van der Waals surface area (Å²) in [7, 11) is 0. The molecule has 32 heavy (non-hydrogen) atoms. The van der Waals surface area contributed by atoms with E-state index < -0.39 is 23.9 Å². The number of fused-ring (bicyclic) bond motifs is 1. The van der Waals surface area contributed by atoms with Gasteiger partial charge in [0.25, 0.3) is 5.56 Å². The molecule has 164 valence electrons. The number of benzene rings is 2. The van der Waals surface area contributed by atoms with E-state index in [0.29, 0.717) is 27.2 Å². The number of hydrogen-bond acceptors (Lipinski definition) is 5. The largest absolute Gasteiger partial charge is 0.433 e. The van der Waals surface area contributed by atoms with E-state index in [1.807, 2.05) is 6.07 Å². The molecule has 0 bridgehead atoms. The Morgan fingerprint density at radius 3 is 2.47 bits per heavy atom. The van der Waals surface area contributed by atoms with Gasteiger partial charge < -0.3 is 11.1 Å². The van der Waals surface area contributed by atoms with Crippen molar-refractivity contribution in [3.63, 3.8) is 0 Å². The number of nitrogens with two attached hydrogens (primary N) is 1. The molecule has 0 aliphatic rings. The van der Waals surface area contributed by atoms with Crippen molar-refractivity contribution in [3.05, 3.63) is 87.4 Å².